The summed E-state index contributed by atoms with van der Waals surface area (Å²) in [4.78, 5) is 1.33. The molecule has 0 spiro atoms. The van der Waals surface area contributed by atoms with Crippen LogP contribution in [0.4, 0.5) is 0 Å². The Morgan fingerprint density at radius 3 is 2.55 bits per heavy atom. The summed E-state index contributed by atoms with van der Waals surface area (Å²) < 4.78 is 2.01. The largest absolute Gasteiger partial charge is 0.309 e. The Bertz CT molecular complexity index is 519. The van der Waals surface area contributed by atoms with Gasteiger partial charge in [0, 0.05) is 23.2 Å². The number of thioether (sulfide) groups is 1. The Morgan fingerprint density at radius 1 is 1.20 bits per heavy atom. The summed E-state index contributed by atoms with van der Waals surface area (Å²) in [6, 6.07) is 9.02. The van der Waals surface area contributed by atoms with Gasteiger partial charge in [-0.05, 0) is 36.9 Å². The third-order valence-corrected chi connectivity index (χ3v) is 4.15. The molecular formula is C16H23N3S. The van der Waals surface area contributed by atoms with Crippen molar-refractivity contribution < 1.29 is 0 Å². The topological polar surface area (TPSA) is 29.9 Å². The number of nitrogens with zero attached hydrogens (tertiary/aromatic N) is 2. The van der Waals surface area contributed by atoms with Gasteiger partial charge in [-0.25, -0.2) is 0 Å². The fourth-order valence-electron chi connectivity index (χ4n) is 2.33. The highest BCUT2D eigenvalue weighted by Crippen LogP contribution is 2.24. The lowest BCUT2D eigenvalue weighted by Crippen LogP contribution is -2.17. The van der Waals surface area contributed by atoms with Gasteiger partial charge in [0.2, 0.25) is 0 Å². The van der Waals surface area contributed by atoms with Gasteiger partial charge in [-0.15, -0.1) is 11.8 Å². The van der Waals surface area contributed by atoms with E-state index < -0.39 is 0 Å². The van der Waals surface area contributed by atoms with Gasteiger partial charge < -0.3 is 5.32 Å². The molecule has 4 heteroatoms. The summed E-state index contributed by atoms with van der Waals surface area (Å²) >= 11 is 1.87. The molecule has 0 saturated heterocycles. The second-order valence-electron chi connectivity index (χ2n) is 4.76. The molecule has 0 bridgehead atoms. The van der Waals surface area contributed by atoms with E-state index in [1.165, 1.54) is 16.0 Å². The minimum atomic E-state index is 0.210. The normalized spacial score (nSPS) is 12.6. The minimum absolute atomic E-state index is 0.210. The molecule has 1 unspecified atom stereocenters. The first-order chi connectivity index (χ1) is 9.78. The van der Waals surface area contributed by atoms with Crippen molar-refractivity contribution in [2.24, 2.45) is 0 Å². The van der Waals surface area contributed by atoms with Gasteiger partial charge in [0.1, 0.15) is 0 Å². The van der Waals surface area contributed by atoms with Crippen LogP contribution < -0.4 is 5.32 Å². The van der Waals surface area contributed by atoms with Gasteiger partial charge in [0.15, 0.2) is 0 Å². The van der Waals surface area contributed by atoms with Crippen molar-refractivity contribution in [2.45, 2.75) is 37.8 Å². The maximum absolute atomic E-state index is 4.42. The van der Waals surface area contributed by atoms with Crippen LogP contribution >= 0.6 is 11.8 Å². The second kappa shape index (κ2) is 7.50. The van der Waals surface area contributed by atoms with E-state index in [1.54, 1.807) is 0 Å². The summed E-state index contributed by atoms with van der Waals surface area (Å²) in [5.74, 6) is 1.11. The van der Waals surface area contributed by atoms with Crippen molar-refractivity contribution in [3.05, 3.63) is 47.8 Å². The zero-order valence-electron chi connectivity index (χ0n) is 12.5. The first-order valence-electron chi connectivity index (χ1n) is 7.20. The van der Waals surface area contributed by atoms with E-state index in [4.69, 9.17) is 0 Å². The monoisotopic (exact) mass is 289 g/mol. The highest BCUT2D eigenvalue weighted by Gasteiger charge is 2.13. The van der Waals surface area contributed by atoms with Crippen LogP contribution in [0.5, 0.6) is 0 Å². The molecule has 0 aliphatic carbocycles. The summed E-state index contributed by atoms with van der Waals surface area (Å²) in [5.41, 5.74) is 2.50. The molecule has 0 amide bonds. The number of rotatable bonds is 7. The molecule has 20 heavy (non-hydrogen) atoms. The fraction of sp³-hybridized carbons (Fsp3) is 0.438. The standard InChI is InChI=1S/C16H23N3S/c1-4-10-19-12-14(11-18-19)16(17-3)13-6-8-15(9-7-13)20-5-2/h6-9,11-12,16-17H,4-5,10H2,1-3H3. The summed E-state index contributed by atoms with van der Waals surface area (Å²) in [5, 5.41) is 7.80. The Balaban J connectivity index is 2.17. The highest BCUT2D eigenvalue weighted by atomic mass is 32.2. The van der Waals surface area contributed by atoms with E-state index in [2.05, 4.69) is 54.7 Å². The molecular weight excluding hydrogens is 266 g/mol. The molecule has 2 aromatic rings. The van der Waals surface area contributed by atoms with E-state index in [0.29, 0.717) is 0 Å². The van der Waals surface area contributed by atoms with E-state index >= 15 is 0 Å². The molecule has 2 rings (SSSR count). The van der Waals surface area contributed by atoms with Crippen molar-refractivity contribution >= 4 is 11.8 Å². The first kappa shape index (κ1) is 15.1. The van der Waals surface area contributed by atoms with Crippen LogP contribution in [0.25, 0.3) is 0 Å². The van der Waals surface area contributed by atoms with E-state index in [0.717, 1.165) is 18.7 Å². The van der Waals surface area contributed by atoms with Gasteiger partial charge in [-0.2, -0.15) is 5.10 Å². The zero-order valence-corrected chi connectivity index (χ0v) is 13.3. The van der Waals surface area contributed by atoms with Crippen molar-refractivity contribution in [3.8, 4) is 0 Å². The predicted molar refractivity (Wildman–Crippen MR) is 86.3 cm³/mol. The van der Waals surface area contributed by atoms with Crippen molar-refractivity contribution in [1.29, 1.82) is 0 Å². The van der Waals surface area contributed by atoms with Crippen LogP contribution in [-0.4, -0.2) is 22.6 Å². The van der Waals surface area contributed by atoms with Crippen LogP contribution in [-0.2, 0) is 6.54 Å². The Hall–Kier alpha value is -1.26. The van der Waals surface area contributed by atoms with Crippen molar-refractivity contribution in [3.63, 3.8) is 0 Å². The maximum Gasteiger partial charge on any atom is 0.0605 e. The molecule has 1 N–H and O–H groups in total. The SMILES string of the molecule is CCCn1cc(C(NC)c2ccc(SCC)cc2)cn1. The number of nitrogens with one attached hydrogen (secondary N) is 1. The summed E-state index contributed by atoms with van der Waals surface area (Å²) in [6.45, 7) is 5.32. The van der Waals surface area contributed by atoms with Gasteiger partial charge in [0.25, 0.3) is 0 Å². The van der Waals surface area contributed by atoms with Crippen molar-refractivity contribution in [2.75, 3.05) is 12.8 Å². The number of aryl methyl sites for hydroxylation is 1. The second-order valence-corrected chi connectivity index (χ2v) is 6.10. The molecule has 3 nitrogen and oxygen atoms in total. The van der Waals surface area contributed by atoms with Gasteiger partial charge in [-0.1, -0.05) is 26.0 Å². The Morgan fingerprint density at radius 2 is 1.95 bits per heavy atom. The average molecular weight is 289 g/mol. The molecule has 0 saturated carbocycles. The number of benzene rings is 1. The molecule has 108 valence electrons. The molecule has 1 atom stereocenters. The predicted octanol–water partition coefficient (Wildman–Crippen LogP) is 3.71. The lowest BCUT2D eigenvalue weighted by atomic mass is 10.0. The number of aromatic nitrogens is 2. The van der Waals surface area contributed by atoms with Crippen LogP contribution in [0.15, 0.2) is 41.6 Å². The number of hydrogen-bond acceptors (Lipinski definition) is 3. The summed E-state index contributed by atoms with van der Waals surface area (Å²) in [6.07, 6.45) is 5.21. The lowest BCUT2D eigenvalue weighted by molar-refractivity contribution is 0.600. The lowest BCUT2D eigenvalue weighted by Gasteiger charge is -2.15. The van der Waals surface area contributed by atoms with Gasteiger partial charge >= 0.3 is 0 Å². The third kappa shape index (κ3) is 3.64. The van der Waals surface area contributed by atoms with E-state index in [-0.39, 0.29) is 6.04 Å². The van der Waals surface area contributed by atoms with Crippen LogP contribution in [0, 0.1) is 0 Å². The molecule has 1 heterocycles. The molecule has 0 aliphatic rings. The third-order valence-electron chi connectivity index (χ3n) is 3.25. The van der Waals surface area contributed by atoms with E-state index in [1.807, 2.05) is 29.7 Å². The Kier molecular flexibility index (Phi) is 5.68. The van der Waals surface area contributed by atoms with Crippen LogP contribution in [0.1, 0.15) is 37.4 Å². The number of hydrogen-bond donors (Lipinski definition) is 1. The van der Waals surface area contributed by atoms with E-state index in [9.17, 15) is 0 Å². The highest BCUT2D eigenvalue weighted by molar-refractivity contribution is 7.99. The maximum atomic E-state index is 4.42. The average Bonchev–Trinajstić information content (AvgIpc) is 2.91. The Labute approximate surface area is 125 Å². The molecule has 0 fully saturated rings. The molecule has 1 aromatic heterocycles. The first-order valence-corrected chi connectivity index (χ1v) is 8.19. The molecule has 0 aliphatic heterocycles. The van der Waals surface area contributed by atoms with Gasteiger partial charge in [-0.3, -0.25) is 4.68 Å². The van der Waals surface area contributed by atoms with Crippen LogP contribution in [0.2, 0.25) is 0 Å². The molecule has 0 radical (unpaired) electrons. The van der Waals surface area contributed by atoms with Gasteiger partial charge in [0.05, 0.1) is 12.2 Å². The van der Waals surface area contributed by atoms with Crippen molar-refractivity contribution in [1.82, 2.24) is 15.1 Å². The van der Waals surface area contributed by atoms with Crippen LogP contribution in [0.3, 0.4) is 0 Å². The zero-order chi connectivity index (χ0) is 14.4. The quantitative estimate of drug-likeness (QED) is 0.788. The minimum Gasteiger partial charge on any atom is -0.309 e. The summed E-state index contributed by atoms with van der Waals surface area (Å²) in [7, 11) is 2.00. The smallest absolute Gasteiger partial charge is 0.0605 e. The fourth-order valence-corrected chi connectivity index (χ4v) is 2.99. The molecule has 1 aromatic carbocycles.